The summed E-state index contributed by atoms with van der Waals surface area (Å²) in [6.45, 7) is 5.53. The number of pyridine rings is 3. The zero-order valence-electron chi connectivity index (χ0n) is 20.0. The molecule has 0 aliphatic heterocycles. The number of H-pyrrole nitrogens is 1. The van der Waals surface area contributed by atoms with Gasteiger partial charge in [0.25, 0.3) is 0 Å². The standard InChI is InChI=1S/C26H24N8OS/c1-26(2,3)25(35)31-16-10-15(11-29-12-16)18-5-4-17(27)22(32-18)20(28)24-33-19-6-8-30-21(23(19)34-24)14-7-9-36-13-14/h4-13,28H,27H2,1-3H3,(H,31,35)(H,33,34). The highest BCUT2D eigenvalue weighted by molar-refractivity contribution is 7.08. The molecule has 180 valence electrons. The lowest BCUT2D eigenvalue weighted by atomic mass is 9.95. The van der Waals surface area contributed by atoms with E-state index in [4.69, 9.17) is 11.1 Å². The van der Waals surface area contributed by atoms with Crippen molar-refractivity contribution < 1.29 is 4.79 Å². The van der Waals surface area contributed by atoms with Crippen molar-refractivity contribution in [3.05, 3.63) is 71.2 Å². The fourth-order valence-corrected chi connectivity index (χ4v) is 4.21. The molecule has 0 atom stereocenters. The third kappa shape index (κ3) is 4.46. The summed E-state index contributed by atoms with van der Waals surface area (Å²) in [5.74, 6) is 0.227. The third-order valence-electron chi connectivity index (χ3n) is 5.57. The Morgan fingerprint density at radius 1 is 1.11 bits per heavy atom. The van der Waals surface area contributed by atoms with E-state index < -0.39 is 5.41 Å². The van der Waals surface area contributed by atoms with Crippen LogP contribution in [0, 0.1) is 10.8 Å². The van der Waals surface area contributed by atoms with Crippen LogP contribution in [0.2, 0.25) is 0 Å². The SMILES string of the molecule is CC(C)(C)C(=O)Nc1cncc(-c2ccc(N)c(C(=N)c3nc4c(-c5ccsc5)nccc4[nH]3)n2)c1. The van der Waals surface area contributed by atoms with Gasteiger partial charge in [-0.2, -0.15) is 11.3 Å². The smallest absolute Gasteiger partial charge is 0.229 e. The van der Waals surface area contributed by atoms with Crippen molar-refractivity contribution in [3.63, 3.8) is 0 Å². The molecule has 0 saturated heterocycles. The molecule has 5 heterocycles. The summed E-state index contributed by atoms with van der Waals surface area (Å²) in [4.78, 5) is 33.6. The summed E-state index contributed by atoms with van der Waals surface area (Å²) < 4.78 is 0. The van der Waals surface area contributed by atoms with Crippen molar-refractivity contribution in [1.82, 2.24) is 24.9 Å². The molecule has 5 aromatic rings. The van der Waals surface area contributed by atoms with Gasteiger partial charge in [0.1, 0.15) is 16.9 Å². The second-order valence-electron chi connectivity index (χ2n) is 9.33. The minimum atomic E-state index is -0.539. The number of anilines is 2. The molecular formula is C26H24N8OS. The molecular weight excluding hydrogens is 472 g/mol. The minimum Gasteiger partial charge on any atom is -0.397 e. The van der Waals surface area contributed by atoms with Gasteiger partial charge in [0, 0.05) is 34.3 Å². The van der Waals surface area contributed by atoms with Crippen LogP contribution in [-0.4, -0.2) is 36.5 Å². The molecule has 0 spiro atoms. The van der Waals surface area contributed by atoms with E-state index in [-0.39, 0.29) is 11.6 Å². The first-order valence-electron chi connectivity index (χ1n) is 11.2. The number of nitrogen functional groups attached to an aromatic ring is 1. The molecule has 10 heteroatoms. The number of hydrogen-bond donors (Lipinski definition) is 4. The zero-order chi connectivity index (χ0) is 25.4. The Morgan fingerprint density at radius 2 is 1.94 bits per heavy atom. The maximum absolute atomic E-state index is 12.4. The molecule has 5 aromatic heterocycles. The number of thiophene rings is 1. The number of fused-ring (bicyclic) bond motifs is 1. The van der Waals surface area contributed by atoms with Crippen LogP contribution in [0.1, 0.15) is 32.3 Å². The highest BCUT2D eigenvalue weighted by atomic mass is 32.1. The molecule has 0 radical (unpaired) electrons. The highest BCUT2D eigenvalue weighted by Gasteiger charge is 2.22. The second kappa shape index (κ2) is 8.97. The van der Waals surface area contributed by atoms with Gasteiger partial charge in [-0.15, -0.1) is 0 Å². The summed E-state index contributed by atoms with van der Waals surface area (Å²) in [7, 11) is 0. The molecule has 5 rings (SSSR count). The summed E-state index contributed by atoms with van der Waals surface area (Å²) in [6, 6.07) is 9.07. The van der Waals surface area contributed by atoms with E-state index in [0.717, 1.165) is 16.8 Å². The van der Waals surface area contributed by atoms with Crippen molar-refractivity contribution in [2.45, 2.75) is 20.8 Å². The lowest BCUT2D eigenvalue weighted by molar-refractivity contribution is -0.123. The number of rotatable bonds is 5. The Bertz CT molecular complexity index is 1600. The van der Waals surface area contributed by atoms with Crippen molar-refractivity contribution in [3.8, 4) is 22.5 Å². The molecule has 9 nitrogen and oxygen atoms in total. The average Bonchev–Trinajstić information content (AvgIpc) is 3.54. The first kappa shape index (κ1) is 23.3. The number of carbonyl (C=O) groups is 1. The fourth-order valence-electron chi connectivity index (χ4n) is 3.57. The van der Waals surface area contributed by atoms with Crippen molar-refractivity contribution >= 4 is 45.4 Å². The van der Waals surface area contributed by atoms with Gasteiger partial charge in [0.2, 0.25) is 5.91 Å². The second-order valence-corrected chi connectivity index (χ2v) is 10.1. The van der Waals surface area contributed by atoms with Crippen LogP contribution in [0.25, 0.3) is 33.5 Å². The molecule has 0 bridgehead atoms. The maximum Gasteiger partial charge on any atom is 0.229 e. The number of carbonyl (C=O) groups excluding carboxylic acids is 1. The van der Waals surface area contributed by atoms with Crippen LogP contribution in [0.15, 0.2) is 59.7 Å². The summed E-state index contributed by atoms with van der Waals surface area (Å²) in [6.07, 6.45) is 4.95. The molecule has 0 aromatic carbocycles. The monoisotopic (exact) mass is 496 g/mol. The van der Waals surface area contributed by atoms with Crippen molar-refractivity contribution in [2.24, 2.45) is 5.41 Å². The first-order valence-corrected chi connectivity index (χ1v) is 12.1. The number of nitrogens with two attached hydrogens (primary N) is 1. The van der Waals surface area contributed by atoms with Crippen LogP contribution >= 0.6 is 11.3 Å². The van der Waals surface area contributed by atoms with E-state index >= 15 is 0 Å². The van der Waals surface area contributed by atoms with Crippen LogP contribution in [0.3, 0.4) is 0 Å². The topological polar surface area (TPSA) is 146 Å². The fraction of sp³-hybridized carbons (Fsp3) is 0.154. The molecule has 36 heavy (non-hydrogen) atoms. The third-order valence-corrected chi connectivity index (χ3v) is 6.25. The number of imidazole rings is 1. The number of nitrogens with one attached hydrogen (secondary N) is 3. The van der Waals surface area contributed by atoms with Gasteiger partial charge in [-0.25, -0.2) is 9.97 Å². The van der Waals surface area contributed by atoms with Gasteiger partial charge in [0.15, 0.2) is 5.82 Å². The zero-order valence-corrected chi connectivity index (χ0v) is 20.8. The Balaban J connectivity index is 1.49. The number of nitrogens with zero attached hydrogens (tertiary/aromatic N) is 4. The van der Waals surface area contributed by atoms with Gasteiger partial charge >= 0.3 is 0 Å². The largest absolute Gasteiger partial charge is 0.397 e. The highest BCUT2D eigenvalue weighted by Crippen LogP contribution is 2.28. The Hall–Kier alpha value is -4.44. The van der Waals surface area contributed by atoms with E-state index in [2.05, 4.69) is 30.2 Å². The summed E-state index contributed by atoms with van der Waals surface area (Å²) in [5.41, 5.74) is 11.4. The predicted octanol–water partition coefficient (Wildman–Crippen LogP) is 5.13. The number of amides is 1. The minimum absolute atomic E-state index is 0.0620. The molecule has 0 saturated carbocycles. The Labute approximate surface area is 211 Å². The van der Waals surface area contributed by atoms with E-state index in [1.165, 1.54) is 0 Å². The van der Waals surface area contributed by atoms with E-state index in [0.29, 0.717) is 39.7 Å². The van der Waals surface area contributed by atoms with Gasteiger partial charge < -0.3 is 16.0 Å². The predicted molar refractivity (Wildman–Crippen MR) is 143 cm³/mol. The average molecular weight is 497 g/mol. The quantitative estimate of drug-likeness (QED) is 0.248. The molecule has 0 aliphatic carbocycles. The van der Waals surface area contributed by atoms with Crippen molar-refractivity contribution in [1.29, 1.82) is 5.41 Å². The van der Waals surface area contributed by atoms with Gasteiger partial charge in [-0.05, 0) is 35.7 Å². The molecule has 1 amide bonds. The van der Waals surface area contributed by atoms with Gasteiger partial charge in [-0.1, -0.05) is 20.8 Å². The van der Waals surface area contributed by atoms with E-state index in [1.54, 1.807) is 48.1 Å². The van der Waals surface area contributed by atoms with Crippen LogP contribution in [0.4, 0.5) is 11.4 Å². The maximum atomic E-state index is 12.4. The van der Waals surface area contributed by atoms with Crippen molar-refractivity contribution in [2.75, 3.05) is 11.1 Å². The van der Waals surface area contributed by atoms with E-state index in [9.17, 15) is 4.79 Å². The molecule has 0 fully saturated rings. The summed E-state index contributed by atoms with van der Waals surface area (Å²) >= 11 is 1.58. The lowest BCUT2D eigenvalue weighted by Crippen LogP contribution is -2.27. The number of aromatic nitrogens is 5. The van der Waals surface area contributed by atoms with Gasteiger partial charge in [-0.3, -0.25) is 20.2 Å². The normalized spacial score (nSPS) is 11.5. The molecule has 0 unspecified atom stereocenters. The Kier molecular flexibility index (Phi) is 5.81. The van der Waals surface area contributed by atoms with Crippen LogP contribution in [0.5, 0.6) is 0 Å². The van der Waals surface area contributed by atoms with E-state index in [1.807, 2.05) is 43.7 Å². The lowest BCUT2D eigenvalue weighted by Gasteiger charge is -2.17. The number of aromatic amines is 1. The first-order chi connectivity index (χ1) is 17.2. The Morgan fingerprint density at radius 3 is 2.69 bits per heavy atom. The number of hydrogen-bond acceptors (Lipinski definition) is 8. The summed E-state index contributed by atoms with van der Waals surface area (Å²) in [5, 5.41) is 15.7. The van der Waals surface area contributed by atoms with Crippen LogP contribution in [-0.2, 0) is 4.79 Å². The molecule has 5 N–H and O–H groups in total. The molecule has 0 aliphatic rings. The van der Waals surface area contributed by atoms with Gasteiger partial charge in [0.05, 0.1) is 34.5 Å². The van der Waals surface area contributed by atoms with Crippen LogP contribution < -0.4 is 11.1 Å².